The van der Waals surface area contributed by atoms with Crippen LogP contribution in [0.2, 0.25) is 0 Å². The van der Waals surface area contributed by atoms with Gasteiger partial charge in [-0.15, -0.1) is 0 Å². The van der Waals surface area contributed by atoms with Crippen molar-refractivity contribution >= 4 is 5.91 Å². The van der Waals surface area contributed by atoms with Crippen LogP contribution in [0.3, 0.4) is 0 Å². The lowest BCUT2D eigenvalue weighted by molar-refractivity contribution is -0.127. The normalized spacial score (nSPS) is 35.7. The van der Waals surface area contributed by atoms with E-state index < -0.39 is 5.54 Å². The second-order valence-electron chi connectivity index (χ2n) is 6.56. The number of amides is 1. The Morgan fingerprint density at radius 3 is 2.79 bits per heavy atom. The van der Waals surface area contributed by atoms with Crippen molar-refractivity contribution in [2.75, 3.05) is 13.2 Å². The van der Waals surface area contributed by atoms with E-state index in [0.717, 1.165) is 45.3 Å². The van der Waals surface area contributed by atoms with Crippen molar-refractivity contribution in [2.45, 2.75) is 64.0 Å². The fourth-order valence-electron chi connectivity index (χ4n) is 3.47. The van der Waals surface area contributed by atoms with E-state index in [1.54, 1.807) is 0 Å². The maximum Gasteiger partial charge on any atom is 0.237 e. The summed E-state index contributed by atoms with van der Waals surface area (Å²) in [6.07, 6.45) is 6.54. The first-order valence-corrected chi connectivity index (χ1v) is 7.70. The summed E-state index contributed by atoms with van der Waals surface area (Å²) < 4.78 is 5.63. The summed E-state index contributed by atoms with van der Waals surface area (Å²) >= 11 is 0. The van der Waals surface area contributed by atoms with Crippen LogP contribution < -0.4 is 11.1 Å². The van der Waals surface area contributed by atoms with Crippen LogP contribution in [0.4, 0.5) is 0 Å². The highest BCUT2D eigenvalue weighted by molar-refractivity contribution is 5.84. The van der Waals surface area contributed by atoms with E-state index in [1.807, 2.05) is 0 Å². The van der Waals surface area contributed by atoms with Gasteiger partial charge in [0.05, 0.1) is 11.6 Å². The third-order valence-corrected chi connectivity index (χ3v) is 4.90. The number of carbonyl (C=O) groups excluding carboxylic acids is 1. The molecule has 3 unspecified atom stereocenters. The monoisotopic (exact) mass is 268 g/mol. The average molecular weight is 268 g/mol. The van der Waals surface area contributed by atoms with Gasteiger partial charge in [0.25, 0.3) is 0 Å². The highest BCUT2D eigenvalue weighted by Gasteiger charge is 2.42. The summed E-state index contributed by atoms with van der Waals surface area (Å²) in [4.78, 5) is 12.0. The minimum Gasteiger partial charge on any atom is -0.377 e. The largest absolute Gasteiger partial charge is 0.377 e. The fourth-order valence-corrected chi connectivity index (χ4v) is 3.47. The van der Waals surface area contributed by atoms with Gasteiger partial charge in [0.15, 0.2) is 0 Å². The molecule has 0 aromatic heterocycles. The van der Waals surface area contributed by atoms with Crippen molar-refractivity contribution in [1.82, 2.24) is 5.32 Å². The summed E-state index contributed by atoms with van der Waals surface area (Å²) in [6, 6.07) is 0. The minimum absolute atomic E-state index is 0.184. The van der Waals surface area contributed by atoms with Crippen molar-refractivity contribution in [3.05, 3.63) is 0 Å². The number of nitrogens with two attached hydrogens (primary N) is 1. The van der Waals surface area contributed by atoms with Crippen LogP contribution in [-0.4, -0.2) is 30.7 Å². The van der Waals surface area contributed by atoms with Crippen molar-refractivity contribution in [1.29, 1.82) is 0 Å². The molecule has 3 atom stereocenters. The lowest BCUT2D eigenvalue weighted by atomic mass is 9.71. The Bertz CT molecular complexity index is 313. The van der Waals surface area contributed by atoms with E-state index in [1.165, 1.54) is 6.42 Å². The smallest absolute Gasteiger partial charge is 0.237 e. The molecule has 0 spiro atoms. The first kappa shape index (κ1) is 14.8. The van der Waals surface area contributed by atoms with Gasteiger partial charge in [0.1, 0.15) is 0 Å². The molecule has 0 aromatic rings. The van der Waals surface area contributed by atoms with Crippen molar-refractivity contribution < 1.29 is 9.53 Å². The molecular weight excluding hydrogens is 240 g/mol. The van der Waals surface area contributed by atoms with Gasteiger partial charge in [-0.05, 0) is 37.5 Å². The molecule has 1 saturated heterocycles. The Morgan fingerprint density at radius 2 is 2.21 bits per heavy atom. The fraction of sp³-hybridized carbons (Fsp3) is 0.933. The van der Waals surface area contributed by atoms with Crippen LogP contribution in [0.5, 0.6) is 0 Å². The number of carbonyl (C=O) groups is 1. The molecule has 4 nitrogen and oxygen atoms in total. The molecule has 2 rings (SSSR count). The Balaban J connectivity index is 1.97. The van der Waals surface area contributed by atoms with E-state index in [0.29, 0.717) is 11.8 Å². The molecule has 0 radical (unpaired) electrons. The molecule has 19 heavy (non-hydrogen) atoms. The number of nitrogens with one attached hydrogen (secondary N) is 1. The molecule has 1 heterocycles. The van der Waals surface area contributed by atoms with Crippen LogP contribution in [0.15, 0.2) is 0 Å². The van der Waals surface area contributed by atoms with Crippen molar-refractivity contribution in [2.24, 2.45) is 17.6 Å². The molecule has 0 aromatic carbocycles. The zero-order valence-corrected chi connectivity index (χ0v) is 12.3. The predicted octanol–water partition coefficient (Wildman–Crippen LogP) is 1.83. The number of rotatable bonds is 5. The first-order valence-electron chi connectivity index (χ1n) is 7.70. The van der Waals surface area contributed by atoms with E-state index in [4.69, 9.17) is 10.5 Å². The van der Waals surface area contributed by atoms with Crippen LogP contribution in [0.1, 0.15) is 52.4 Å². The number of ether oxygens (including phenoxy) is 1. The maximum atomic E-state index is 12.0. The minimum atomic E-state index is -0.501. The van der Waals surface area contributed by atoms with Gasteiger partial charge in [0, 0.05) is 13.2 Å². The SMILES string of the molecule is CC(C)C1CCCC(NCC2CCCO2)(C(N)=O)C1. The first-order chi connectivity index (χ1) is 9.03. The predicted molar refractivity (Wildman–Crippen MR) is 75.7 cm³/mol. The molecule has 4 heteroatoms. The Labute approximate surface area is 116 Å². The Kier molecular flexibility index (Phi) is 4.85. The number of hydrogen-bond donors (Lipinski definition) is 2. The number of primary amides is 1. The van der Waals surface area contributed by atoms with E-state index in [2.05, 4.69) is 19.2 Å². The van der Waals surface area contributed by atoms with Crippen molar-refractivity contribution in [3.8, 4) is 0 Å². The van der Waals surface area contributed by atoms with Gasteiger partial charge in [-0.2, -0.15) is 0 Å². The molecule has 110 valence electrons. The topological polar surface area (TPSA) is 64.3 Å². The van der Waals surface area contributed by atoms with Gasteiger partial charge < -0.3 is 15.8 Å². The molecule has 1 aliphatic carbocycles. The highest BCUT2D eigenvalue weighted by atomic mass is 16.5. The highest BCUT2D eigenvalue weighted by Crippen LogP contribution is 2.36. The number of hydrogen-bond acceptors (Lipinski definition) is 3. The van der Waals surface area contributed by atoms with Crippen LogP contribution >= 0.6 is 0 Å². The molecule has 0 bridgehead atoms. The van der Waals surface area contributed by atoms with Gasteiger partial charge in [-0.3, -0.25) is 4.79 Å². The van der Waals surface area contributed by atoms with Gasteiger partial charge in [0.2, 0.25) is 5.91 Å². The third-order valence-electron chi connectivity index (χ3n) is 4.90. The second-order valence-corrected chi connectivity index (χ2v) is 6.56. The molecule has 2 aliphatic rings. The van der Waals surface area contributed by atoms with E-state index in [9.17, 15) is 4.79 Å². The zero-order chi connectivity index (χ0) is 13.9. The lowest BCUT2D eigenvalue weighted by Crippen LogP contribution is -2.59. The average Bonchev–Trinajstić information content (AvgIpc) is 2.89. The molecule has 2 fully saturated rings. The quantitative estimate of drug-likeness (QED) is 0.799. The molecule has 3 N–H and O–H groups in total. The third kappa shape index (κ3) is 3.48. The Hall–Kier alpha value is -0.610. The van der Waals surface area contributed by atoms with Crippen LogP contribution in [-0.2, 0) is 9.53 Å². The maximum absolute atomic E-state index is 12.0. The molecule has 1 amide bonds. The van der Waals surface area contributed by atoms with Crippen LogP contribution in [0.25, 0.3) is 0 Å². The van der Waals surface area contributed by atoms with Crippen molar-refractivity contribution in [3.63, 3.8) is 0 Å². The Morgan fingerprint density at radius 1 is 1.42 bits per heavy atom. The molecule has 1 saturated carbocycles. The lowest BCUT2D eigenvalue weighted by Gasteiger charge is -2.41. The zero-order valence-electron chi connectivity index (χ0n) is 12.3. The standard InChI is InChI=1S/C15H28N2O2/c1-11(2)12-5-3-7-15(9-12,14(16)18)17-10-13-6-4-8-19-13/h11-13,17H,3-10H2,1-2H3,(H2,16,18). The van der Waals surface area contributed by atoms with Crippen LogP contribution in [0, 0.1) is 11.8 Å². The molecule has 1 aliphatic heterocycles. The van der Waals surface area contributed by atoms with E-state index >= 15 is 0 Å². The summed E-state index contributed by atoms with van der Waals surface area (Å²) in [7, 11) is 0. The summed E-state index contributed by atoms with van der Waals surface area (Å²) in [6.45, 7) is 6.09. The van der Waals surface area contributed by atoms with Gasteiger partial charge >= 0.3 is 0 Å². The second kappa shape index (κ2) is 6.23. The van der Waals surface area contributed by atoms with Gasteiger partial charge in [-0.25, -0.2) is 0 Å². The summed E-state index contributed by atoms with van der Waals surface area (Å²) in [5.74, 6) is 1.03. The molecular formula is C15H28N2O2. The van der Waals surface area contributed by atoms with E-state index in [-0.39, 0.29) is 12.0 Å². The summed E-state index contributed by atoms with van der Waals surface area (Å²) in [5.41, 5.74) is 5.21. The van der Waals surface area contributed by atoms with Gasteiger partial charge in [-0.1, -0.05) is 26.7 Å². The summed E-state index contributed by atoms with van der Waals surface area (Å²) in [5, 5.41) is 3.46.